The molecule has 1 fully saturated rings. The number of likely N-dealkylation sites (tertiary alicyclic amines) is 1. The molecule has 6 nitrogen and oxygen atoms in total. The number of pyridine rings is 1. The van der Waals surface area contributed by atoms with E-state index in [1.165, 1.54) is 19.3 Å². The van der Waals surface area contributed by atoms with Crippen LogP contribution in [0.5, 0.6) is 0 Å². The molecular weight excluding hydrogens is 302 g/mol. The number of carbonyl (C=O) groups excluding carboxylic acids is 1. The summed E-state index contributed by atoms with van der Waals surface area (Å²) in [7, 11) is 0. The van der Waals surface area contributed by atoms with Crippen LogP contribution in [0.25, 0.3) is 0 Å². The number of rotatable bonds is 2. The Kier molecular flexibility index (Phi) is 4.04. The Labute approximate surface area is 141 Å². The Morgan fingerprint density at radius 3 is 2.88 bits per heavy atom. The molecule has 1 amide bonds. The standard InChI is InChI=1S/C18H23N5O/c1-13-8-9-14(12-19-13)18(24)22-11-5-6-15(22)17-21-20-16-7-3-2-4-10-23(16)17/h8-9,12,15H,2-7,10-11H2,1H3. The van der Waals surface area contributed by atoms with Crippen molar-refractivity contribution in [2.45, 2.75) is 58.0 Å². The van der Waals surface area contributed by atoms with Gasteiger partial charge in [0.2, 0.25) is 0 Å². The van der Waals surface area contributed by atoms with Crippen molar-refractivity contribution in [1.82, 2.24) is 24.6 Å². The highest BCUT2D eigenvalue weighted by Crippen LogP contribution is 2.33. The summed E-state index contributed by atoms with van der Waals surface area (Å²) in [5.74, 6) is 2.10. The lowest BCUT2D eigenvalue weighted by molar-refractivity contribution is 0.0726. The van der Waals surface area contributed by atoms with Crippen molar-refractivity contribution in [2.24, 2.45) is 0 Å². The summed E-state index contributed by atoms with van der Waals surface area (Å²) in [4.78, 5) is 19.1. The van der Waals surface area contributed by atoms with Gasteiger partial charge in [0.1, 0.15) is 5.82 Å². The maximum absolute atomic E-state index is 12.9. The minimum absolute atomic E-state index is 0.0400. The normalized spacial score (nSPS) is 20.7. The van der Waals surface area contributed by atoms with Gasteiger partial charge >= 0.3 is 0 Å². The molecule has 6 heteroatoms. The Bertz CT molecular complexity index is 736. The first-order valence-corrected chi connectivity index (χ1v) is 8.89. The van der Waals surface area contributed by atoms with Gasteiger partial charge in [0, 0.05) is 31.4 Å². The van der Waals surface area contributed by atoms with Crippen molar-refractivity contribution < 1.29 is 4.79 Å². The van der Waals surface area contributed by atoms with Crippen molar-refractivity contribution in [3.8, 4) is 0 Å². The molecular formula is C18H23N5O. The van der Waals surface area contributed by atoms with Crippen LogP contribution in [0, 0.1) is 6.92 Å². The first-order chi connectivity index (χ1) is 11.7. The predicted molar refractivity (Wildman–Crippen MR) is 89.6 cm³/mol. The summed E-state index contributed by atoms with van der Waals surface area (Å²) in [5, 5.41) is 8.87. The lowest BCUT2D eigenvalue weighted by atomic mass is 10.1. The average Bonchev–Trinajstić information content (AvgIpc) is 3.16. The van der Waals surface area contributed by atoms with E-state index in [0.717, 1.165) is 49.7 Å². The molecule has 126 valence electrons. The van der Waals surface area contributed by atoms with Crippen LogP contribution in [-0.2, 0) is 13.0 Å². The van der Waals surface area contributed by atoms with Crippen LogP contribution in [0.15, 0.2) is 18.3 Å². The fourth-order valence-electron chi connectivity index (χ4n) is 3.79. The Hall–Kier alpha value is -2.24. The van der Waals surface area contributed by atoms with Gasteiger partial charge in [-0.3, -0.25) is 9.78 Å². The summed E-state index contributed by atoms with van der Waals surface area (Å²) in [6.45, 7) is 3.68. The molecule has 2 aliphatic heterocycles. The summed E-state index contributed by atoms with van der Waals surface area (Å²) in [6, 6.07) is 3.80. The van der Waals surface area contributed by atoms with Crippen LogP contribution in [-0.4, -0.2) is 37.1 Å². The van der Waals surface area contributed by atoms with E-state index in [0.29, 0.717) is 5.56 Å². The quantitative estimate of drug-likeness (QED) is 0.851. The van der Waals surface area contributed by atoms with E-state index in [9.17, 15) is 4.79 Å². The van der Waals surface area contributed by atoms with Crippen LogP contribution < -0.4 is 0 Å². The number of hydrogen-bond donors (Lipinski definition) is 0. The largest absolute Gasteiger partial charge is 0.328 e. The van der Waals surface area contributed by atoms with Gasteiger partial charge in [-0.05, 0) is 44.7 Å². The summed E-state index contributed by atoms with van der Waals surface area (Å²) in [6.07, 6.45) is 8.24. The molecule has 1 atom stereocenters. The summed E-state index contributed by atoms with van der Waals surface area (Å²) >= 11 is 0. The molecule has 24 heavy (non-hydrogen) atoms. The molecule has 2 aromatic heterocycles. The maximum Gasteiger partial charge on any atom is 0.256 e. The smallest absolute Gasteiger partial charge is 0.256 e. The predicted octanol–water partition coefficient (Wildman–Crippen LogP) is 2.69. The van der Waals surface area contributed by atoms with Crippen molar-refractivity contribution in [3.05, 3.63) is 41.2 Å². The fourth-order valence-corrected chi connectivity index (χ4v) is 3.79. The SMILES string of the molecule is Cc1ccc(C(=O)N2CCCC2c2nnc3n2CCCCC3)cn1. The Balaban J connectivity index is 1.62. The van der Waals surface area contributed by atoms with Gasteiger partial charge in [0.05, 0.1) is 11.6 Å². The molecule has 0 saturated carbocycles. The molecule has 2 aromatic rings. The first-order valence-electron chi connectivity index (χ1n) is 8.89. The van der Waals surface area contributed by atoms with E-state index in [1.807, 2.05) is 24.0 Å². The third-order valence-corrected chi connectivity index (χ3v) is 5.11. The Morgan fingerprint density at radius 2 is 2.04 bits per heavy atom. The number of aromatic nitrogens is 4. The minimum Gasteiger partial charge on any atom is -0.328 e. The van der Waals surface area contributed by atoms with Crippen molar-refractivity contribution >= 4 is 5.91 Å². The van der Waals surface area contributed by atoms with E-state index in [-0.39, 0.29) is 11.9 Å². The van der Waals surface area contributed by atoms with E-state index in [2.05, 4.69) is 19.7 Å². The van der Waals surface area contributed by atoms with Gasteiger partial charge in [-0.2, -0.15) is 0 Å². The van der Waals surface area contributed by atoms with Crippen LogP contribution in [0.3, 0.4) is 0 Å². The maximum atomic E-state index is 12.9. The zero-order chi connectivity index (χ0) is 16.5. The zero-order valence-corrected chi connectivity index (χ0v) is 14.1. The molecule has 0 spiro atoms. The summed E-state index contributed by atoms with van der Waals surface area (Å²) in [5.41, 5.74) is 1.58. The van der Waals surface area contributed by atoms with Crippen LogP contribution in [0.4, 0.5) is 0 Å². The van der Waals surface area contributed by atoms with E-state index in [4.69, 9.17) is 0 Å². The third-order valence-electron chi connectivity index (χ3n) is 5.11. The molecule has 0 bridgehead atoms. The highest BCUT2D eigenvalue weighted by atomic mass is 16.2. The van der Waals surface area contributed by atoms with Crippen LogP contribution in [0.1, 0.15) is 65.8 Å². The minimum atomic E-state index is 0.0400. The monoisotopic (exact) mass is 325 g/mol. The van der Waals surface area contributed by atoms with E-state index in [1.54, 1.807) is 6.20 Å². The molecule has 0 radical (unpaired) electrons. The second kappa shape index (κ2) is 6.34. The van der Waals surface area contributed by atoms with Crippen LogP contribution >= 0.6 is 0 Å². The number of nitrogens with zero attached hydrogens (tertiary/aromatic N) is 5. The lowest BCUT2D eigenvalue weighted by Gasteiger charge is -2.24. The number of fused-ring (bicyclic) bond motifs is 1. The molecule has 1 saturated heterocycles. The van der Waals surface area contributed by atoms with Crippen molar-refractivity contribution in [3.63, 3.8) is 0 Å². The first kappa shape index (κ1) is 15.3. The number of amides is 1. The number of carbonyl (C=O) groups is 1. The van der Waals surface area contributed by atoms with E-state index >= 15 is 0 Å². The van der Waals surface area contributed by atoms with Crippen molar-refractivity contribution in [1.29, 1.82) is 0 Å². The third kappa shape index (κ3) is 2.70. The molecule has 1 unspecified atom stereocenters. The average molecular weight is 325 g/mol. The fraction of sp³-hybridized carbons (Fsp3) is 0.556. The van der Waals surface area contributed by atoms with Gasteiger partial charge in [0.25, 0.3) is 5.91 Å². The highest BCUT2D eigenvalue weighted by Gasteiger charge is 2.34. The second-order valence-electron chi connectivity index (χ2n) is 6.78. The summed E-state index contributed by atoms with van der Waals surface area (Å²) < 4.78 is 2.26. The molecule has 0 aliphatic carbocycles. The molecule has 4 heterocycles. The highest BCUT2D eigenvalue weighted by molar-refractivity contribution is 5.94. The van der Waals surface area contributed by atoms with Crippen LogP contribution in [0.2, 0.25) is 0 Å². The van der Waals surface area contributed by atoms with Gasteiger partial charge < -0.3 is 9.47 Å². The molecule has 2 aliphatic rings. The molecule has 0 aromatic carbocycles. The zero-order valence-electron chi connectivity index (χ0n) is 14.1. The second-order valence-corrected chi connectivity index (χ2v) is 6.78. The number of hydrogen-bond acceptors (Lipinski definition) is 4. The number of aryl methyl sites for hydroxylation is 2. The lowest BCUT2D eigenvalue weighted by Crippen LogP contribution is -2.32. The van der Waals surface area contributed by atoms with Gasteiger partial charge in [-0.15, -0.1) is 10.2 Å². The molecule has 4 rings (SSSR count). The van der Waals surface area contributed by atoms with Gasteiger partial charge in [0.15, 0.2) is 5.82 Å². The van der Waals surface area contributed by atoms with Crippen molar-refractivity contribution in [2.75, 3.05) is 6.54 Å². The Morgan fingerprint density at radius 1 is 1.12 bits per heavy atom. The van der Waals surface area contributed by atoms with E-state index < -0.39 is 0 Å². The van der Waals surface area contributed by atoms with Gasteiger partial charge in [-0.1, -0.05) is 6.42 Å². The van der Waals surface area contributed by atoms with Gasteiger partial charge in [-0.25, -0.2) is 0 Å². The topological polar surface area (TPSA) is 63.9 Å². The molecule has 0 N–H and O–H groups in total.